The Morgan fingerprint density at radius 2 is 1.82 bits per heavy atom. The van der Waals surface area contributed by atoms with Crippen molar-refractivity contribution in [2.45, 2.75) is 26.6 Å². The van der Waals surface area contributed by atoms with Crippen LogP contribution in [-0.2, 0) is 4.79 Å². The van der Waals surface area contributed by atoms with Gasteiger partial charge in [0.25, 0.3) is 0 Å². The Morgan fingerprint density at radius 3 is 2.29 bits per heavy atom. The zero-order chi connectivity index (χ0) is 12.9. The van der Waals surface area contributed by atoms with Crippen molar-refractivity contribution in [1.29, 1.82) is 0 Å². The van der Waals surface area contributed by atoms with Crippen LogP contribution in [0.25, 0.3) is 0 Å². The molecule has 0 unspecified atom stereocenters. The van der Waals surface area contributed by atoms with E-state index in [1.54, 1.807) is 11.8 Å². The van der Waals surface area contributed by atoms with Crippen LogP contribution in [-0.4, -0.2) is 20.5 Å². The second-order valence-electron chi connectivity index (χ2n) is 5.23. The quantitative estimate of drug-likeness (QED) is 0.746. The Labute approximate surface area is 105 Å². The molecule has 0 aliphatic heterocycles. The van der Waals surface area contributed by atoms with Gasteiger partial charge in [-0.1, -0.05) is 49.6 Å². The zero-order valence-corrected chi connectivity index (χ0v) is 12.1. The summed E-state index contributed by atoms with van der Waals surface area (Å²) in [5, 5.41) is 0. The molecule has 0 heterocycles. The number of benzene rings is 1. The lowest BCUT2D eigenvalue weighted by Crippen LogP contribution is -2.29. The van der Waals surface area contributed by atoms with Gasteiger partial charge in [-0.05, 0) is 12.1 Å². The van der Waals surface area contributed by atoms with E-state index in [1.807, 2.05) is 30.3 Å². The predicted molar refractivity (Wildman–Crippen MR) is 77.0 cm³/mol. The number of para-hydroxylation sites is 1. The predicted octanol–water partition coefficient (Wildman–Crippen LogP) is 3.47. The van der Waals surface area contributed by atoms with Crippen molar-refractivity contribution in [2.24, 2.45) is 0 Å². The van der Waals surface area contributed by atoms with E-state index in [1.165, 1.54) is 0 Å². The van der Waals surface area contributed by atoms with Gasteiger partial charge in [-0.2, -0.15) is 0 Å². The first-order valence-electron chi connectivity index (χ1n) is 5.91. The van der Waals surface area contributed by atoms with Gasteiger partial charge < -0.3 is 4.90 Å². The summed E-state index contributed by atoms with van der Waals surface area (Å²) in [6, 6.07) is 9.79. The third-order valence-corrected chi connectivity index (χ3v) is 3.59. The van der Waals surface area contributed by atoms with E-state index in [0.717, 1.165) is 5.69 Å². The Bertz CT molecular complexity index is 392. The van der Waals surface area contributed by atoms with Gasteiger partial charge in [0.05, 0.1) is 8.07 Å². The molecule has 17 heavy (non-hydrogen) atoms. The highest BCUT2D eigenvalue weighted by molar-refractivity contribution is 6.80. The van der Waals surface area contributed by atoms with Gasteiger partial charge in [0, 0.05) is 19.2 Å². The molecule has 0 spiro atoms. The summed E-state index contributed by atoms with van der Waals surface area (Å²) in [5.74, 6) is 0.0800. The van der Waals surface area contributed by atoms with Gasteiger partial charge in [0.1, 0.15) is 0 Å². The summed E-state index contributed by atoms with van der Waals surface area (Å²) in [5.41, 5.74) is 3.23. The van der Waals surface area contributed by atoms with Crippen molar-refractivity contribution in [3.05, 3.63) is 42.1 Å². The van der Waals surface area contributed by atoms with E-state index in [4.69, 9.17) is 0 Å². The van der Waals surface area contributed by atoms with Gasteiger partial charge >= 0.3 is 0 Å². The van der Waals surface area contributed by atoms with E-state index in [0.29, 0.717) is 6.54 Å². The highest BCUT2D eigenvalue weighted by Crippen LogP contribution is 2.13. The fourth-order valence-electron chi connectivity index (χ4n) is 1.54. The molecule has 1 rings (SSSR count). The number of hydrogen-bond acceptors (Lipinski definition) is 1. The number of carbonyl (C=O) groups is 1. The summed E-state index contributed by atoms with van der Waals surface area (Å²) in [7, 11) is -1.18. The number of carbonyl (C=O) groups excluding carboxylic acids is 1. The van der Waals surface area contributed by atoms with E-state index in [2.05, 4.69) is 31.4 Å². The number of rotatable bonds is 4. The zero-order valence-electron chi connectivity index (χ0n) is 11.1. The molecule has 0 saturated heterocycles. The molecule has 0 N–H and O–H groups in total. The smallest absolute Gasteiger partial charge is 0.224 e. The highest BCUT2D eigenvalue weighted by atomic mass is 28.3. The Morgan fingerprint density at radius 1 is 1.24 bits per heavy atom. The Hall–Kier alpha value is -1.35. The first kappa shape index (κ1) is 13.7. The van der Waals surface area contributed by atoms with Crippen LogP contribution in [0.5, 0.6) is 0 Å². The maximum absolute atomic E-state index is 11.6. The van der Waals surface area contributed by atoms with Crippen molar-refractivity contribution in [3.8, 4) is 0 Å². The topological polar surface area (TPSA) is 20.3 Å². The number of anilines is 1. The molecule has 3 heteroatoms. The van der Waals surface area contributed by atoms with Crippen LogP contribution in [0.1, 0.15) is 6.92 Å². The number of nitrogens with zero attached hydrogens (tertiary/aromatic N) is 1. The van der Waals surface area contributed by atoms with Gasteiger partial charge in [0.2, 0.25) is 5.91 Å². The Kier molecular flexibility index (Phi) is 4.69. The van der Waals surface area contributed by atoms with Crippen molar-refractivity contribution in [2.75, 3.05) is 11.4 Å². The minimum atomic E-state index is -1.18. The monoisotopic (exact) mass is 247 g/mol. The van der Waals surface area contributed by atoms with Crippen molar-refractivity contribution < 1.29 is 4.79 Å². The molecule has 1 aromatic rings. The average molecular weight is 247 g/mol. The van der Waals surface area contributed by atoms with E-state index in [-0.39, 0.29) is 5.91 Å². The second kappa shape index (κ2) is 5.82. The summed E-state index contributed by atoms with van der Waals surface area (Å²) in [6.07, 6.45) is 2.11. The van der Waals surface area contributed by atoms with E-state index >= 15 is 0 Å². The molecule has 1 aromatic carbocycles. The fourth-order valence-corrected chi connectivity index (χ4v) is 2.35. The number of hydrogen-bond donors (Lipinski definition) is 0. The molecule has 2 nitrogen and oxygen atoms in total. The Balaban J connectivity index is 2.76. The summed E-state index contributed by atoms with van der Waals surface area (Å²) in [4.78, 5) is 13.4. The lowest BCUT2D eigenvalue weighted by Gasteiger charge is -2.20. The first-order chi connectivity index (χ1) is 7.90. The molecule has 0 bridgehead atoms. The van der Waals surface area contributed by atoms with Crippen LogP contribution in [0.2, 0.25) is 19.6 Å². The normalized spacial score (nSPS) is 11.8. The molecule has 0 fully saturated rings. The van der Waals surface area contributed by atoms with Gasteiger partial charge in [-0.3, -0.25) is 4.79 Å². The van der Waals surface area contributed by atoms with Crippen molar-refractivity contribution in [3.63, 3.8) is 0 Å². The van der Waals surface area contributed by atoms with Crippen LogP contribution in [0.15, 0.2) is 42.1 Å². The maximum atomic E-state index is 11.6. The summed E-state index contributed by atoms with van der Waals surface area (Å²) < 4.78 is 0. The van der Waals surface area contributed by atoms with Gasteiger partial charge in [-0.25, -0.2) is 0 Å². The summed E-state index contributed by atoms with van der Waals surface area (Å²) >= 11 is 0. The SMILES string of the molecule is CC(=O)N(C/C=C/[Si](C)(C)C)c1ccccc1. The van der Waals surface area contributed by atoms with Crippen molar-refractivity contribution in [1.82, 2.24) is 0 Å². The third kappa shape index (κ3) is 5.00. The fraction of sp³-hybridized carbons (Fsp3) is 0.357. The molecule has 0 aliphatic carbocycles. The van der Waals surface area contributed by atoms with Crippen LogP contribution in [0.3, 0.4) is 0 Å². The molecule has 1 amide bonds. The first-order valence-corrected chi connectivity index (χ1v) is 9.49. The molecule has 0 aliphatic rings. The second-order valence-corrected chi connectivity index (χ2v) is 10.3. The van der Waals surface area contributed by atoms with Crippen LogP contribution in [0, 0.1) is 0 Å². The average Bonchev–Trinajstić information content (AvgIpc) is 2.23. The molecular formula is C14H21NOSi. The number of amides is 1. The van der Waals surface area contributed by atoms with Gasteiger partial charge in [-0.15, -0.1) is 0 Å². The molecule has 92 valence electrons. The molecule has 0 radical (unpaired) electrons. The third-order valence-electron chi connectivity index (χ3n) is 2.35. The van der Waals surface area contributed by atoms with E-state index < -0.39 is 8.07 Å². The standard InChI is InChI=1S/C14H21NOSi/c1-13(16)15(11-8-12-17(2,3)4)14-9-6-5-7-10-14/h5-10,12H,11H2,1-4H3/b12-8+. The minimum Gasteiger partial charge on any atom is -0.309 e. The van der Waals surface area contributed by atoms with Crippen molar-refractivity contribution >= 4 is 19.7 Å². The highest BCUT2D eigenvalue weighted by Gasteiger charge is 2.10. The van der Waals surface area contributed by atoms with Crippen LogP contribution in [0.4, 0.5) is 5.69 Å². The van der Waals surface area contributed by atoms with Crippen LogP contribution >= 0.6 is 0 Å². The molecule has 0 atom stereocenters. The summed E-state index contributed by atoms with van der Waals surface area (Å²) in [6.45, 7) is 9.11. The lowest BCUT2D eigenvalue weighted by atomic mass is 10.3. The van der Waals surface area contributed by atoms with E-state index in [9.17, 15) is 4.79 Å². The van der Waals surface area contributed by atoms with Gasteiger partial charge in [0.15, 0.2) is 0 Å². The van der Waals surface area contributed by atoms with Crippen LogP contribution < -0.4 is 4.90 Å². The maximum Gasteiger partial charge on any atom is 0.224 e. The lowest BCUT2D eigenvalue weighted by molar-refractivity contribution is -0.116. The molecular weight excluding hydrogens is 226 g/mol. The molecule has 0 aromatic heterocycles. The molecule has 0 saturated carbocycles. The largest absolute Gasteiger partial charge is 0.309 e. The minimum absolute atomic E-state index is 0.0800.